The highest BCUT2D eigenvalue weighted by Crippen LogP contribution is 2.18. The molecule has 3 rings (SSSR count). The summed E-state index contributed by atoms with van der Waals surface area (Å²) in [6.45, 7) is 4.45. The Labute approximate surface area is 156 Å². The second-order valence-electron chi connectivity index (χ2n) is 5.95. The summed E-state index contributed by atoms with van der Waals surface area (Å²) in [5.41, 5.74) is 3.20. The van der Waals surface area contributed by atoms with Gasteiger partial charge in [-0.1, -0.05) is 17.7 Å². The lowest BCUT2D eigenvalue weighted by molar-refractivity contribution is 0.0955. The molecule has 0 radical (unpaired) electrons. The number of nitrogens with one attached hydrogen (secondary N) is 1. The van der Waals surface area contributed by atoms with E-state index in [1.54, 1.807) is 34.8 Å². The van der Waals surface area contributed by atoms with Crippen LogP contribution in [0.15, 0.2) is 59.6 Å². The van der Waals surface area contributed by atoms with Gasteiger partial charge < -0.3 is 5.32 Å². The highest BCUT2D eigenvalue weighted by atomic mass is 32.2. The van der Waals surface area contributed by atoms with Crippen molar-refractivity contribution in [2.75, 3.05) is 12.3 Å². The Morgan fingerprint density at radius 2 is 1.81 bits per heavy atom. The van der Waals surface area contributed by atoms with Gasteiger partial charge in [-0.3, -0.25) is 4.79 Å². The van der Waals surface area contributed by atoms with Crippen molar-refractivity contribution in [1.29, 1.82) is 0 Å². The van der Waals surface area contributed by atoms with Gasteiger partial charge in [-0.05, 0) is 50.2 Å². The number of carbonyl (C=O) groups is 1. The Balaban J connectivity index is 1.56. The summed E-state index contributed by atoms with van der Waals surface area (Å²) in [6, 6.07) is 14.3. The Kier molecular flexibility index (Phi) is 5.73. The molecule has 0 aliphatic carbocycles. The number of hydrogen-bond acceptors (Lipinski definition) is 3. The van der Waals surface area contributed by atoms with Crippen molar-refractivity contribution in [3.8, 4) is 5.69 Å². The summed E-state index contributed by atoms with van der Waals surface area (Å²) < 4.78 is 14.7. The van der Waals surface area contributed by atoms with Crippen molar-refractivity contribution in [1.82, 2.24) is 15.1 Å². The van der Waals surface area contributed by atoms with Crippen molar-refractivity contribution < 1.29 is 9.18 Å². The summed E-state index contributed by atoms with van der Waals surface area (Å²) in [5.74, 6) is 0.336. The topological polar surface area (TPSA) is 46.9 Å². The number of thioether (sulfide) groups is 1. The van der Waals surface area contributed by atoms with E-state index in [4.69, 9.17) is 0 Å². The van der Waals surface area contributed by atoms with Crippen LogP contribution in [0.3, 0.4) is 0 Å². The number of nitrogens with zero attached hydrogens (tertiary/aromatic N) is 2. The third-order valence-corrected chi connectivity index (χ3v) is 5.02. The van der Waals surface area contributed by atoms with Crippen molar-refractivity contribution in [2.24, 2.45) is 0 Å². The van der Waals surface area contributed by atoms with Crippen LogP contribution in [0.2, 0.25) is 0 Å². The molecule has 26 heavy (non-hydrogen) atoms. The minimum absolute atomic E-state index is 0.152. The van der Waals surface area contributed by atoms with Gasteiger partial charge in [0.05, 0.1) is 23.1 Å². The minimum atomic E-state index is -0.303. The largest absolute Gasteiger partial charge is 0.351 e. The molecule has 134 valence electrons. The van der Waals surface area contributed by atoms with Crippen LogP contribution in [-0.4, -0.2) is 28.0 Å². The van der Waals surface area contributed by atoms with Crippen LogP contribution in [0.1, 0.15) is 21.6 Å². The van der Waals surface area contributed by atoms with E-state index >= 15 is 0 Å². The van der Waals surface area contributed by atoms with Gasteiger partial charge in [0.1, 0.15) is 5.82 Å². The Morgan fingerprint density at radius 1 is 1.12 bits per heavy atom. The van der Waals surface area contributed by atoms with Gasteiger partial charge in [-0.25, -0.2) is 9.07 Å². The summed E-state index contributed by atoms with van der Waals surface area (Å²) >= 11 is 1.70. The van der Waals surface area contributed by atoms with Gasteiger partial charge in [0.25, 0.3) is 5.91 Å². The average molecular weight is 369 g/mol. The predicted octanol–water partition coefficient (Wildman–Crippen LogP) is 4.15. The van der Waals surface area contributed by atoms with E-state index in [0.29, 0.717) is 12.1 Å². The highest BCUT2D eigenvalue weighted by molar-refractivity contribution is 7.99. The van der Waals surface area contributed by atoms with Crippen LogP contribution in [-0.2, 0) is 0 Å². The Hall–Kier alpha value is -2.60. The van der Waals surface area contributed by atoms with Gasteiger partial charge in [-0.2, -0.15) is 5.10 Å². The molecule has 0 saturated heterocycles. The SMILES string of the molecule is Cc1ccc(SCCNC(=O)c2cnn(-c3ccc(F)cc3)c2C)cc1. The van der Waals surface area contributed by atoms with E-state index in [9.17, 15) is 9.18 Å². The molecular weight excluding hydrogens is 349 g/mol. The van der Waals surface area contributed by atoms with Crippen LogP contribution in [0.25, 0.3) is 5.69 Å². The van der Waals surface area contributed by atoms with Crippen molar-refractivity contribution >= 4 is 17.7 Å². The first-order valence-electron chi connectivity index (χ1n) is 8.33. The number of benzene rings is 2. The lowest BCUT2D eigenvalue weighted by Crippen LogP contribution is -2.26. The summed E-state index contributed by atoms with van der Waals surface area (Å²) in [6.07, 6.45) is 1.54. The summed E-state index contributed by atoms with van der Waals surface area (Å²) in [7, 11) is 0. The number of hydrogen-bond donors (Lipinski definition) is 1. The molecule has 1 aromatic heterocycles. The van der Waals surface area contributed by atoms with Crippen molar-refractivity contribution in [3.63, 3.8) is 0 Å². The molecule has 1 N–H and O–H groups in total. The molecule has 2 aromatic carbocycles. The fraction of sp³-hybridized carbons (Fsp3) is 0.200. The monoisotopic (exact) mass is 369 g/mol. The summed E-state index contributed by atoms with van der Waals surface area (Å²) in [5, 5.41) is 7.17. The molecule has 0 spiro atoms. The third kappa shape index (κ3) is 4.32. The normalized spacial score (nSPS) is 10.7. The molecule has 0 bridgehead atoms. The third-order valence-electron chi connectivity index (χ3n) is 4.00. The van der Waals surface area contributed by atoms with Gasteiger partial charge in [-0.15, -0.1) is 11.8 Å². The Bertz CT molecular complexity index is 888. The quantitative estimate of drug-likeness (QED) is 0.524. The van der Waals surface area contributed by atoms with Crippen LogP contribution >= 0.6 is 11.8 Å². The molecule has 0 aliphatic rings. The maximum atomic E-state index is 13.1. The fourth-order valence-electron chi connectivity index (χ4n) is 2.54. The smallest absolute Gasteiger partial charge is 0.254 e. The lowest BCUT2D eigenvalue weighted by atomic mass is 10.2. The molecule has 0 unspecified atom stereocenters. The van der Waals surface area contributed by atoms with E-state index < -0.39 is 0 Å². The standard InChI is InChI=1S/C20H20FN3OS/c1-14-3-9-18(10-4-14)26-12-11-22-20(25)19-13-23-24(15(19)2)17-7-5-16(21)6-8-17/h3-10,13H,11-12H2,1-2H3,(H,22,25). The number of amides is 1. The zero-order valence-electron chi connectivity index (χ0n) is 14.7. The maximum absolute atomic E-state index is 13.1. The van der Waals surface area contributed by atoms with Crippen molar-refractivity contribution in [2.45, 2.75) is 18.7 Å². The molecule has 3 aromatic rings. The van der Waals surface area contributed by atoms with E-state index in [0.717, 1.165) is 17.1 Å². The molecule has 0 aliphatic heterocycles. The zero-order valence-corrected chi connectivity index (χ0v) is 15.5. The number of rotatable bonds is 6. The first-order valence-corrected chi connectivity index (χ1v) is 9.31. The van der Waals surface area contributed by atoms with Gasteiger partial charge >= 0.3 is 0 Å². The molecule has 4 nitrogen and oxygen atoms in total. The maximum Gasteiger partial charge on any atom is 0.254 e. The zero-order chi connectivity index (χ0) is 18.5. The first-order chi connectivity index (χ1) is 12.5. The number of halogens is 1. The minimum Gasteiger partial charge on any atom is -0.351 e. The molecular formula is C20H20FN3OS. The summed E-state index contributed by atoms with van der Waals surface area (Å²) in [4.78, 5) is 13.6. The molecule has 1 amide bonds. The molecule has 6 heteroatoms. The molecule has 0 saturated carbocycles. The number of carbonyl (C=O) groups excluding carboxylic acids is 1. The predicted molar refractivity (Wildman–Crippen MR) is 102 cm³/mol. The lowest BCUT2D eigenvalue weighted by Gasteiger charge is -2.07. The molecule has 1 heterocycles. The van der Waals surface area contributed by atoms with Crippen LogP contribution in [0, 0.1) is 19.7 Å². The number of aryl methyl sites for hydroxylation is 1. The van der Waals surface area contributed by atoms with Crippen molar-refractivity contribution in [3.05, 3.63) is 77.4 Å². The van der Waals surface area contributed by atoms with E-state index in [-0.39, 0.29) is 11.7 Å². The van der Waals surface area contributed by atoms with Crippen LogP contribution in [0.4, 0.5) is 4.39 Å². The second kappa shape index (κ2) is 8.19. The van der Waals surface area contributed by atoms with E-state index in [1.807, 2.05) is 6.92 Å². The molecule has 0 atom stereocenters. The van der Waals surface area contributed by atoms with E-state index in [1.165, 1.54) is 22.6 Å². The second-order valence-corrected chi connectivity index (χ2v) is 7.12. The Morgan fingerprint density at radius 3 is 2.50 bits per heavy atom. The van der Waals surface area contributed by atoms with Crippen LogP contribution < -0.4 is 5.32 Å². The average Bonchev–Trinajstić information content (AvgIpc) is 3.02. The van der Waals surface area contributed by atoms with Gasteiger partial charge in [0.15, 0.2) is 0 Å². The van der Waals surface area contributed by atoms with Gasteiger partial charge in [0, 0.05) is 17.2 Å². The molecule has 0 fully saturated rings. The highest BCUT2D eigenvalue weighted by Gasteiger charge is 2.14. The fourth-order valence-corrected chi connectivity index (χ4v) is 3.31. The van der Waals surface area contributed by atoms with Crippen LogP contribution in [0.5, 0.6) is 0 Å². The first kappa shape index (κ1) is 18.2. The number of aromatic nitrogens is 2. The van der Waals surface area contributed by atoms with Gasteiger partial charge in [0.2, 0.25) is 0 Å². The van der Waals surface area contributed by atoms with E-state index in [2.05, 4.69) is 41.6 Å².